The van der Waals surface area contributed by atoms with Crippen LogP contribution in [0.1, 0.15) is 38.5 Å². The molecule has 7 aliphatic rings. The Morgan fingerprint density at radius 1 is 0.786 bits per heavy atom. The molecule has 0 aliphatic carbocycles. The summed E-state index contributed by atoms with van der Waals surface area (Å²) in [7, 11) is 0. The molecule has 0 aromatic heterocycles. The summed E-state index contributed by atoms with van der Waals surface area (Å²) in [6, 6.07) is 0. The summed E-state index contributed by atoms with van der Waals surface area (Å²) in [5.74, 6) is -1.89. The zero-order valence-electron chi connectivity index (χ0n) is 22.9. The number of rotatable bonds is 3. The molecule has 1 N–H and O–H groups in total. The lowest BCUT2D eigenvalue weighted by atomic mass is 9.87. The maximum atomic E-state index is 12.3. The minimum atomic E-state index is -0.922. The second-order valence-electron chi connectivity index (χ2n) is 11.5. The molecule has 228 valence electrons. The van der Waals surface area contributed by atoms with E-state index in [1.165, 1.54) is 0 Å². The number of aliphatic hydroxyl groups excluding tert-OH is 1. The van der Waals surface area contributed by atoms with Crippen LogP contribution in [0.2, 0.25) is 0 Å². The van der Waals surface area contributed by atoms with Crippen LogP contribution in [0.15, 0.2) is 36.5 Å². The van der Waals surface area contributed by atoms with E-state index in [2.05, 4.69) is 0 Å². The fraction of sp³-hybridized carbons (Fsp3) is 0.690. The van der Waals surface area contributed by atoms with E-state index < -0.39 is 60.7 Å². The monoisotopic (exact) mass is 589 g/mol. The fourth-order valence-corrected chi connectivity index (χ4v) is 6.60. The van der Waals surface area contributed by atoms with Crippen LogP contribution in [-0.4, -0.2) is 115 Å². The number of ether oxygens (including phenoxy) is 7. The maximum absolute atomic E-state index is 12.3. The third kappa shape index (κ3) is 5.60. The molecule has 0 bridgehead atoms. The van der Waals surface area contributed by atoms with Gasteiger partial charge in [0.15, 0.2) is 6.29 Å². The van der Waals surface area contributed by atoms with Crippen molar-refractivity contribution in [3.05, 3.63) is 36.5 Å². The Morgan fingerprint density at radius 3 is 2.36 bits per heavy atom. The SMILES string of the molecule is O=C(CC1OC[C@H]2O[C@H]3C=C[C@H]4O[C@H]5[C@H](O)[C@H]6OCC=CC[C@@H]6O[C@@H]5C[C@@H]4O[C@@H]3C/C=C\[C@@H]2O1)ON1C(=O)CCC1=O. The summed E-state index contributed by atoms with van der Waals surface area (Å²) in [6.45, 7) is 0.583. The van der Waals surface area contributed by atoms with Crippen LogP contribution in [0.4, 0.5) is 0 Å². The number of aliphatic hydroxyl groups is 1. The molecule has 7 aliphatic heterocycles. The van der Waals surface area contributed by atoms with Crippen molar-refractivity contribution in [2.45, 2.75) is 112 Å². The van der Waals surface area contributed by atoms with Crippen LogP contribution < -0.4 is 0 Å². The molecule has 13 nitrogen and oxygen atoms in total. The van der Waals surface area contributed by atoms with E-state index in [4.69, 9.17) is 38.0 Å². The second-order valence-corrected chi connectivity index (χ2v) is 11.5. The van der Waals surface area contributed by atoms with E-state index in [0.29, 0.717) is 30.9 Å². The average Bonchev–Trinajstić information content (AvgIpc) is 3.13. The highest BCUT2D eigenvalue weighted by Crippen LogP contribution is 2.39. The van der Waals surface area contributed by atoms with Crippen LogP contribution in [0.3, 0.4) is 0 Å². The highest BCUT2D eigenvalue weighted by atomic mass is 16.7. The first-order chi connectivity index (χ1) is 20.4. The van der Waals surface area contributed by atoms with Crippen molar-refractivity contribution in [3.8, 4) is 0 Å². The first kappa shape index (κ1) is 28.3. The lowest BCUT2D eigenvalue weighted by Crippen LogP contribution is -2.63. The zero-order chi connectivity index (χ0) is 28.8. The predicted octanol–water partition coefficient (Wildman–Crippen LogP) is 0.393. The molecule has 0 radical (unpaired) electrons. The standard InChI is InChI=1S/C29H35NO12/c31-23-9-10-24(32)30(23)42-25(33)13-26-36-14-22-16(40-26)6-3-5-15-17(38-22)7-8-18-20(37-15)12-21-29(41-18)27(34)28-19(39-21)4-1-2-11-35-28/h1-3,6-8,15-22,26-29,34H,4-5,9-14H2/b6-3-/t15-,16+,17+,18-,19+,20+,21-,22-,26?,27-,28+,29-/m1/s1. The van der Waals surface area contributed by atoms with Gasteiger partial charge in [0.05, 0.1) is 44.1 Å². The van der Waals surface area contributed by atoms with Gasteiger partial charge in [0.25, 0.3) is 11.8 Å². The number of hydrogen-bond donors (Lipinski definition) is 1. The smallest absolute Gasteiger partial charge is 0.338 e. The number of hydrogen-bond acceptors (Lipinski definition) is 12. The number of carbonyl (C=O) groups is 3. The largest absolute Gasteiger partial charge is 0.387 e. The minimum Gasteiger partial charge on any atom is -0.387 e. The molecule has 4 saturated heterocycles. The normalized spacial score (nSPS) is 45.6. The molecule has 0 aromatic rings. The summed E-state index contributed by atoms with van der Waals surface area (Å²) in [6.07, 6.45) is 7.66. The van der Waals surface area contributed by atoms with E-state index in [9.17, 15) is 19.5 Å². The summed E-state index contributed by atoms with van der Waals surface area (Å²) in [5.41, 5.74) is 0. The summed E-state index contributed by atoms with van der Waals surface area (Å²) in [5, 5.41) is 11.6. The summed E-state index contributed by atoms with van der Waals surface area (Å²) >= 11 is 0. The van der Waals surface area contributed by atoms with E-state index in [-0.39, 0.29) is 56.4 Å². The summed E-state index contributed by atoms with van der Waals surface area (Å²) < 4.78 is 43.3. The van der Waals surface area contributed by atoms with Gasteiger partial charge in [0, 0.05) is 19.3 Å². The van der Waals surface area contributed by atoms with E-state index in [1.54, 1.807) is 0 Å². The average molecular weight is 590 g/mol. The summed E-state index contributed by atoms with van der Waals surface area (Å²) in [4.78, 5) is 40.7. The number of hydroxylamine groups is 2. The lowest BCUT2D eigenvalue weighted by molar-refractivity contribution is -0.289. The van der Waals surface area contributed by atoms with Crippen molar-refractivity contribution in [1.29, 1.82) is 0 Å². The van der Waals surface area contributed by atoms with Gasteiger partial charge in [-0.2, -0.15) is 0 Å². The Morgan fingerprint density at radius 2 is 1.52 bits per heavy atom. The van der Waals surface area contributed by atoms with Crippen molar-refractivity contribution in [1.82, 2.24) is 5.06 Å². The van der Waals surface area contributed by atoms with Crippen molar-refractivity contribution in [3.63, 3.8) is 0 Å². The van der Waals surface area contributed by atoms with Gasteiger partial charge in [0.1, 0.15) is 42.7 Å². The van der Waals surface area contributed by atoms with Crippen molar-refractivity contribution in [2.24, 2.45) is 0 Å². The van der Waals surface area contributed by atoms with Gasteiger partial charge in [-0.15, -0.1) is 5.06 Å². The van der Waals surface area contributed by atoms with Gasteiger partial charge < -0.3 is 43.1 Å². The number of imide groups is 1. The fourth-order valence-electron chi connectivity index (χ4n) is 6.60. The van der Waals surface area contributed by atoms with Crippen LogP contribution in [0, 0.1) is 0 Å². The zero-order valence-corrected chi connectivity index (χ0v) is 22.9. The highest BCUT2D eigenvalue weighted by Gasteiger charge is 2.52. The van der Waals surface area contributed by atoms with Crippen LogP contribution in [0.25, 0.3) is 0 Å². The van der Waals surface area contributed by atoms with Crippen LogP contribution >= 0.6 is 0 Å². The molecular weight excluding hydrogens is 554 g/mol. The molecule has 12 atom stereocenters. The van der Waals surface area contributed by atoms with Crippen molar-refractivity contribution >= 4 is 17.8 Å². The Balaban J connectivity index is 0.979. The first-order valence-corrected chi connectivity index (χ1v) is 14.7. The third-order valence-electron chi connectivity index (χ3n) is 8.71. The minimum absolute atomic E-state index is 0.0208. The molecule has 7 rings (SSSR count). The highest BCUT2D eigenvalue weighted by molar-refractivity contribution is 6.01. The van der Waals surface area contributed by atoms with Gasteiger partial charge >= 0.3 is 5.97 Å². The Hall–Kier alpha value is -2.49. The molecule has 1 unspecified atom stereocenters. The molecule has 42 heavy (non-hydrogen) atoms. The maximum Gasteiger partial charge on any atom is 0.338 e. The topological polar surface area (TPSA) is 149 Å². The number of nitrogens with zero attached hydrogens (tertiary/aromatic N) is 1. The Labute approximate surface area is 242 Å². The van der Waals surface area contributed by atoms with Gasteiger partial charge in [0.2, 0.25) is 0 Å². The van der Waals surface area contributed by atoms with Crippen LogP contribution in [-0.2, 0) is 52.4 Å². The third-order valence-corrected chi connectivity index (χ3v) is 8.71. The number of fused-ring (bicyclic) bond motifs is 5. The van der Waals surface area contributed by atoms with Gasteiger partial charge in [-0.1, -0.05) is 36.5 Å². The van der Waals surface area contributed by atoms with Crippen LogP contribution in [0.5, 0.6) is 0 Å². The Kier molecular flexibility index (Phi) is 8.01. The number of amides is 2. The first-order valence-electron chi connectivity index (χ1n) is 14.7. The predicted molar refractivity (Wildman–Crippen MR) is 138 cm³/mol. The molecule has 0 saturated carbocycles. The van der Waals surface area contributed by atoms with Gasteiger partial charge in [-0.25, -0.2) is 4.79 Å². The van der Waals surface area contributed by atoms with E-state index in [1.807, 2.05) is 36.5 Å². The molecular formula is C29H35NO12. The molecule has 13 heteroatoms. The molecule has 4 fully saturated rings. The molecule has 0 spiro atoms. The lowest BCUT2D eigenvalue weighted by Gasteiger charge is -2.49. The molecule has 7 heterocycles. The van der Waals surface area contributed by atoms with Crippen molar-refractivity contribution < 1.29 is 57.5 Å². The van der Waals surface area contributed by atoms with Crippen molar-refractivity contribution in [2.75, 3.05) is 13.2 Å². The quantitative estimate of drug-likeness (QED) is 0.359. The van der Waals surface area contributed by atoms with E-state index >= 15 is 0 Å². The Bertz CT molecular complexity index is 1140. The molecule has 2 amide bonds. The molecule has 0 aromatic carbocycles. The second kappa shape index (κ2) is 11.9. The van der Waals surface area contributed by atoms with Gasteiger partial charge in [-0.05, 0) is 12.8 Å². The number of carbonyl (C=O) groups excluding carboxylic acids is 3. The van der Waals surface area contributed by atoms with Gasteiger partial charge in [-0.3, -0.25) is 9.59 Å². The van der Waals surface area contributed by atoms with E-state index in [0.717, 1.165) is 0 Å².